The highest BCUT2D eigenvalue weighted by Gasteiger charge is 2.25. The van der Waals surface area contributed by atoms with Crippen LogP contribution in [0.3, 0.4) is 0 Å². The molecule has 3 aromatic rings. The third-order valence-corrected chi connectivity index (χ3v) is 5.89. The third kappa shape index (κ3) is 2.90. The number of para-hydroxylation sites is 1. The van der Waals surface area contributed by atoms with Gasteiger partial charge in [-0.3, -0.25) is 9.55 Å². The molecular weight excluding hydrogens is 281 g/mol. The van der Waals surface area contributed by atoms with Crippen molar-refractivity contribution in [3.05, 3.63) is 72.4 Å². The first-order chi connectivity index (χ1) is 10.2. The monoisotopic (exact) mass is 297 g/mol. The Morgan fingerprint density at radius 1 is 0.952 bits per heavy atom. The van der Waals surface area contributed by atoms with Crippen molar-refractivity contribution in [3.8, 4) is 0 Å². The van der Waals surface area contributed by atoms with Gasteiger partial charge in [-0.2, -0.15) is 0 Å². The summed E-state index contributed by atoms with van der Waals surface area (Å²) in [6, 6.07) is 21.1. The van der Waals surface area contributed by atoms with Gasteiger partial charge >= 0.3 is 0 Å². The molecule has 21 heavy (non-hydrogen) atoms. The van der Waals surface area contributed by atoms with E-state index in [1.54, 1.807) is 0 Å². The second-order valence-corrected chi connectivity index (χ2v) is 7.39. The average molecular weight is 297 g/mol. The quantitative estimate of drug-likeness (QED) is 0.684. The first kappa shape index (κ1) is 14.0. The van der Waals surface area contributed by atoms with Gasteiger partial charge in [0.2, 0.25) is 7.37 Å². The van der Waals surface area contributed by atoms with E-state index in [1.807, 2.05) is 66.7 Å². The average Bonchev–Trinajstić information content (AvgIpc) is 2.55. The number of nitrogens with zero attached hydrogens (tertiary/aromatic N) is 1. The van der Waals surface area contributed by atoms with E-state index in [9.17, 15) is 4.57 Å². The number of hydrogen-bond acceptors (Lipinski definition) is 3. The van der Waals surface area contributed by atoms with E-state index in [0.717, 1.165) is 21.9 Å². The van der Waals surface area contributed by atoms with Crippen LogP contribution in [0.4, 0.5) is 0 Å². The number of benzene rings is 2. The SMILES string of the molecule is CO[P@](=O)(Cc1ccc2ccccc2n1)c1ccccc1. The van der Waals surface area contributed by atoms with Gasteiger partial charge in [-0.25, -0.2) is 0 Å². The van der Waals surface area contributed by atoms with Crippen LogP contribution < -0.4 is 5.30 Å². The molecular formula is C17H16NO2P. The van der Waals surface area contributed by atoms with Crippen LogP contribution in [0.25, 0.3) is 10.9 Å². The van der Waals surface area contributed by atoms with E-state index in [2.05, 4.69) is 4.98 Å². The largest absolute Gasteiger partial charge is 0.328 e. The summed E-state index contributed by atoms with van der Waals surface area (Å²) in [4.78, 5) is 4.58. The minimum Gasteiger partial charge on any atom is -0.328 e. The van der Waals surface area contributed by atoms with Crippen molar-refractivity contribution >= 4 is 23.6 Å². The van der Waals surface area contributed by atoms with Crippen LogP contribution in [-0.4, -0.2) is 12.1 Å². The standard InChI is InChI=1S/C17H16NO2P/c1-20-21(19,16-8-3-2-4-9-16)13-15-12-11-14-7-5-6-10-17(14)18-15/h2-12H,13H2,1H3/t21-/m1/s1. The molecule has 0 fully saturated rings. The predicted octanol–water partition coefficient (Wildman–Crippen LogP) is 3.98. The van der Waals surface area contributed by atoms with Crippen LogP contribution in [-0.2, 0) is 15.3 Å². The van der Waals surface area contributed by atoms with Gasteiger partial charge in [0, 0.05) is 17.8 Å². The highest BCUT2D eigenvalue weighted by molar-refractivity contribution is 7.66. The Bertz CT molecular complexity index is 802. The maximum atomic E-state index is 13.0. The molecule has 0 saturated carbocycles. The molecule has 106 valence electrons. The summed E-state index contributed by atoms with van der Waals surface area (Å²) in [5.41, 5.74) is 1.69. The Morgan fingerprint density at radius 3 is 2.43 bits per heavy atom. The van der Waals surface area contributed by atoms with E-state index < -0.39 is 7.37 Å². The lowest BCUT2D eigenvalue weighted by Crippen LogP contribution is -2.08. The van der Waals surface area contributed by atoms with Crippen LogP contribution in [0.15, 0.2) is 66.7 Å². The molecule has 0 spiro atoms. The van der Waals surface area contributed by atoms with Gasteiger partial charge in [-0.1, -0.05) is 42.5 Å². The minimum atomic E-state index is -2.92. The summed E-state index contributed by atoms with van der Waals surface area (Å²) in [5.74, 6) is 0. The predicted molar refractivity (Wildman–Crippen MR) is 86.1 cm³/mol. The molecule has 2 aromatic carbocycles. The number of pyridine rings is 1. The molecule has 0 aliphatic carbocycles. The summed E-state index contributed by atoms with van der Waals surface area (Å²) in [6.07, 6.45) is 0.304. The smallest absolute Gasteiger partial charge is 0.237 e. The zero-order valence-electron chi connectivity index (χ0n) is 11.8. The lowest BCUT2D eigenvalue weighted by molar-refractivity contribution is 0.401. The van der Waals surface area contributed by atoms with E-state index in [-0.39, 0.29) is 0 Å². The van der Waals surface area contributed by atoms with Crippen molar-refractivity contribution in [2.24, 2.45) is 0 Å². The molecule has 3 rings (SSSR count). The molecule has 0 aliphatic rings. The zero-order chi connectivity index (χ0) is 14.7. The van der Waals surface area contributed by atoms with Crippen LogP contribution >= 0.6 is 7.37 Å². The molecule has 3 nitrogen and oxygen atoms in total. The molecule has 0 saturated heterocycles. The maximum absolute atomic E-state index is 13.0. The number of hydrogen-bond donors (Lipinski definition) is 0. The van der Waals surface area contributed by atoms with Crippen LogP contribution in [0.5, 0.6) is 0 Å². The highest BCUT2D eigenvalue weighted by atomic mass is 31.2. The summed E-state index contributed by atoms with van der Waals surface area (Å²) in [5, 5.41) is 1.80. The van der Waals surface area contributed by atoms with Gasteiger partial charge < -0.3 is 4.52 Å². The van der Waals surface area contributed by atoms with E-state index in [1.165, 1.54) is 7.11 Å². The second-order valence-electron chi connectivity index (χ2n) is 4.84. The number of aromatic nitrogens is 1. The first-order valence-electron chi connectivity index (χ1n) is 6.76. The fourth-order valence-electron chi connectivity index (χ4n) is 2.33. The Labute approximate surface area is 124 Å². The molecule has 0 amide bonds. The van der Waals surface area contributed by atoms with Crippen molar-refractivity contribution < 1.29 is 9.09 Å². The molecule has 0 bridgehead atoms. The molecule has 0 N–H and O–H groups in total. The molecule has 4 heteroatoms. The lowest BCUT2D eigenvalue weighted by atomic mass is 10.2. The fourth-order valence-corrected chi connectivity index (χ4v) is 4.08. The molecule has 1 heterocycles. The van der Waals surface area contributed by atoms with Crippen LogP contribution in [0.1, 0.15) is 5.69 Å². The van der Waals surface area contributed by atoms with Gasteiger partial charge in [0.1, 0.15) is 0 Å². The molecule has 0 radical (unpaired) electrons. The van der Waals surface area contributed by atoms with Crippen molar-refractivity contribution in [3.63, 3.8) is 0 Å². The summed E-state index contributed by atoms with van der Waals surface area (Å²) < 4.78 is 18.4. The molecule has 1 atom stereocenters. The van der Waals surface area contributed by atoms with Gasteiger partial charge in [-0.15, -0.1) is 0 Å². The Hall–Kier alpha value is -1.96. The van der Waals surface area contributed by atoms with Crippen molar-refractivity contribution in [1.29, 1.82) is 0 Å². The lowest BCUT2D eigenvalue weighted by Gasteiger charge is -2.16. The van der Waals surface area contributed by atoms with Crippen molar-refractivity contribution in [1.82, 2.24) is 4.98 Å². The minimum absolute atomic E-state index is 0.304. The van der Waals surface area contributed by atoms with Crippen LogP contribution in [0.2, 0.25) is 0 Å². The zero-order valence-corrected chi connectivity index (χ0v) is 12.7. The van der Waals surface area contributed by atoms with Gasteiger partial charge in [-0.05, 0) is 24.3 Å². The Kier molecular flexibility index (Phi) is 3.87. The second kappa shape index (κ2) is 5.80. The summed E-state index contributed by atoms with van der Waals surface area (Å²) >= 11 is 0. The van der Waals surface area contributed by atoms with E-state index in [4.69, 9.17) is 4.52 Å². The van der Waals surface area contributed by atoms with Gasteiger partial charge in [0.15, 0.2) is 0 Å². The number of rotatable bonds is 4. The summed E-state index contributed by atoms with van der Waals surface area (Å²) in [7, 11) is -1.42. The summed E-state index contributed by atoms with van der Waals surface area (Å²) in [6.45, 7) is 0. The van der Waals surface area contributed by atoms with Gasteiger partial charge in [0.25, 0.3) is 0 Å². The Balaban J connectivity index is 1.97. The number of fused-ring (bicyclic) bond motifs is 1. The van der Waals surface area contributed by atoms with Crippen molar-refractivity contribution in [2.75, 3.05) is 7.11 Å². The fraction of sp³-hybridized carbons (Fsp3) is 0.118. The third-order valence-electron chi connectivity index (χ3n) is 3.47. The van der Waals surface area contributed by atoms with Gasteiger partial charge in [0.05, 0.1) is 17.4 Å². The van der Waals surface area contributed by atoms with E-state index in [0.29, 0.717) is 6.16 Å². The van der Waals surface area contributed by atoms with E-state index >= 15 is 0 Å². The normalized spacial score (nSPS) is 14.0. The molecule has 0 unspecified atom stereocenters. The molecule has 1 aromatic heterocycles. The highest BCUT2D eigenvalue weighted by Crippen LogP contribution is 2.47. The first-order valence-corrected chi connectivity index (χ1v) is 8.57. The van der Waals surface area contributed by atoms with Crippen molar-refractivity contribution in [2.45, 2.75) is 6.16 Å². The van der Waals surface area contributed by atoms with Crippen LogP contribution in [0, 0.1) is 0 Å². The Morgan fingerprint density at radius 2 is 1.67 bits per heavy atom. The maximum Gasteiger partial charge on any atom is 0.237 e. The molecule has 0 aliphatic heterocycles. The topological polar surface area (TPSA) is 39.2 Å².